The van der Waals surface area contributed by atoms with Crippen molar-refractivity contribution in [1.82, 2.24) is 24.8 Å². The molecule has 2 fully saturated rings. The van der Waals surface area contributed by atoms with Crippen LogP contribution in [-0.2, 0) is 22.4 Å². The van der Waals surface area contributed by atoms with Crippen LogP contribution in [0.1, 0.15) is 54.8 Å². The number of carbonyl (C=O) groups is 2. The molecule has 2 N–H and O–H groups in total. The Labute approximate surface area is 354 Å². The Kier molecular flexibility index (Phi) is 10.3. The van der Waals surface area contributed by atoms with E-state index < -0.39 is 34.4 Å². The van der Waals surface area contributed by atoms with Crippen molar-refractivity contribution < 1.29 is 34.4 Å². The number of rotatable bonds is 6. The molecule has 4 aliphatic rings. The Morgan fingerprint density at radius 2 is 1.18 bits per heavy atom. The Morgan fingerprint density at radius 3 is 1.68 bits per heavy atom. The molecule has 0 spiro atoms. The van der Waals surface area contributed by atoms with Gasteiger partial charge in [-0.1, -0.05) is 30.4 Å². The molecule has 4 atom stereocenters. The summed E-state index contributed by atoms with van der Waals surface area (Å²) in [6, 6.07) is 14.7. The highest BCUT2D eigenvalue weighted by Gasteiger charge is 2.43. The second-order valence-electron chi connectivity index (χ2n) is 16.6. The van der Waals surface area contributed by atoms with Gasteiger partial charge in [0, 0.05) is 55.3 Å². The first-order valence-electron chi connectivity index (χ1n) is 20.4. The zero-order chi connectivity index (χ0) is 43.7. The number of hydrogen-bond donors (Lipinski definition) is 2. The fraction of sp³-hybridized carbons (Fsp3) is 0.271. The van der Waals surface area contributed by atoms with Crippen molar-refractivity contribution in [2.75, 3.05) is 13.1 Å². The van der Waals surface area contributed by atoms with Crippen molar-refractivity contribution in [3.8, 4) is 0 Å². The molecule has 0 saturated carbocycles. The summed E-state index contributed by atoms with van der Waals surface area (Å²) in [7, 11) is 0. The topological polar surface area (TPSA) is 119 Å². The van der Waals surface area contributed by atoms with Crippen LogP contribution in [0.4, 0.5) is 22.0 Å². The second kappa shape index (κ2) is 15.6. The lowest BCUT2D eigenvalue weighted by atomic mass is 9.98. The minimum absolute atomic E-state index is 0. The predicted octanol–water partition coefficient (Wildman–Crippen LogP) is 8.28. The lowest BCUT2D eigenvalue weighted by molar-refractivity contribution is -0.131. The highest BCUT2D eigenvalue weighted by molar-refractivity contribution is 5.90. The molecule has 4 unspecified atom stereocenters. The van der Waals surface area contributed by atoms with Crippen molar-refractivity contribution in [3.63, 3.8) is 0 Å². The highest BCUT2D eigenvalue weighted by atomic mass is 19.2. The van der Waals surface area contributed by atoms with Gasteiger partial charge in [0.05, 0.1) is 36.0 Å². The van der Waals surface area contributed by atoms with E-state index in [1.807, 2.05) is 25.1 Å². The maximum absolute atomic E-state index is 14.4. The first kappa shape index (κ1) is 40.7. The Bertz CT molecular complexity index is 3080. The molecule has 2 saturated heterocycles. The number of carbonyl (C=O) groups excluding carboxylic acids is 2. The van der Waals surface area contributed by atoms with Crippen LogP contribution >= 0.6 is 0 Å². The molecular weight excluding hydrogens is 806 g/mol. The maximum Gasteiger partial charge on any atom is 0.252 e. The molecule has 5 heterocycles. The molecule has 3 aromatic carbocycles. The van der Waals surface area contributed by atoms with E-state index in [4.69, 9.17) is 0 Å². The molecular formula is C48H44F5N5O4. The van der Waals surface area contributed by atoms with E-state index in [0.717, 1.165) is 41.0 Å². The molecule has 2 aliphatic heterocycles. The van der Waals surface area contributed by atoms with Crippen molar-refractivity contribution in [1.29, 1.82) is 0 Å². The lowest BCUT2D eigenvalue weighted by Crippen LogP contribution is -2.39. The van der Waals surface area contributed by atoms with Gasteiger partial charge in [-0.05, 0) is 116 Å². The van der Waals surface area contributed by atoms with E-state index in [0.29, 0.717) is 30.6 Å². The number of benzene rings is 3. The SMILES string of the molecule is Cc1c(CC(=O)N2CC3C=C(c4ccccc4F)C2C3)c(=O)[nH]c2ccc(F)c(F)c12.Cc1cc(C2=CC3CC2N(C(=O)Cc2c(C)c4c(F)c(F)ccc4[nH]c2=O)C3)ccn1.[HH].[HH]. The number of amides is 2. The van der Waals surface area contributed by atoms with E-state index in [2.05, 4.69) is 21.0 Å². The molecule has 14 heteroatoms. The standard InChI is InChI=1S/C24H19F3N2O2.C24H21F2N3O2.2H2/c1-12-15(24(31)28-19-7-6-18(26)23(27)22(12)19)10-21(30)29-11-13-8-16(20(29)9-13)14-4-2-3-5-17(14)25;1-12-7-15(5-6-27-12)17-8-14-9-20(17)29(11-14)21(30)10-16-13(2)22-19(28-24(16)31)4-3-18(25)23(22)26;;/h2-8,13,20H,9-11H2,1H3,(H,28,31);3-8,14,20H,9-11H2,1-2H3,(H,28,31);2*1H. The molecule has 6 aromatic rings. The quantitative estimate of drug-likeness (QED) is 0.164. The number of aromatic nitrogens is 3. The average molecular weight is 850 g/mol. The van der Waals surface area contributed by atoms with E-state index in [9.17, 15) is 41.1 Å². The molecule has 2 amide bonds. The third-order valence-corrected chi connectivity index (χ3v) is 12.8. The van der Waals surface area contributed by atoms with Gasteiger partial charge >= 0.3 is 0 Å². The van der Waals surface area contributed by atoms with E-state index in [1.165, 1.54) is 25.1 Å². The summed E-state index contributed by atoms with van der Waals surface area (Å²) >= 11 is 0. The van der Waals surface area contributed by atoms with Crippen molar-refractivity contribution in [3.05, 3.63) is 168 Å². The van der Waals surface area contributed by atoms with E-state index in [-0.39, 0.29) is 95.7 Å². The molecule has 10 rings (SSSR count). The fourth-order valence-electron chi connectivity index (χ4n) is 9.84. The Morgan fingerprint density at radius 1 is 0.677 bits per heavy atom. The molecule has 62 heavy (non-hydrogen) atoms. The fourth-order valence-corrected chi connectivity index (χ4v) is 9.84. The van der Waals surface area contributed by atoms with Crippen LogP contribution in [0.25, 0.3) is 33.0 Å². The maximum atomic E-state index is 14.4. The van der Waals surface area contributed by atoms with Gasteiger partial charge < -0.3 is 19.8 Å². The van der Waals surface area contributed by atoms with Gasteiger partial charge in [0.2, 0.25) is 11.8 Å². The summed E-state index contributed by atoms with van der Waals surface area (Å²) in [6.45, 7) is 6.10. The van der Waals surface area contributed by atoms with Crippen LogP contribution in [0, 0.1) is 61.7 Å². The van der Waals surface area contributed by atoms with Gasteiger partial charge in [-0.25, -0.2) is 22.0 Å². The van der Waals surface area contributed by atoms with E-state index >= 15 is 0 Å². The van der Waals surface area contributed by atoms with Gasteiger partial charge in [0.25, 0.3) is 11.1 Å². The minimum Gasteiger partial charge on any atom is -0.335 e. The van der Waals surface area contributed by atoms with Crippen molar-refractivity contribution >= 4 is 44.8 Å². The molecule has 0 radical (unpaired) electrons. The molecule has 2 aliphatic carbocycles. The van der Waals surface area contributed by atoms with Gasteiger partial charge in [-0.15, -0.1) is 0 Å². The summed E-state index contributed by atoms with van der Waals surface area (Å²) in [5.41, 5.74) is 4.61. The Hall–Kier alpha value is -6.70. The van der Waals surface area contributed by atoms with Crippen molar-refractivity contribution in [2.45, 2.75) is 58.5 Å². The van der Waals surface area contributed by atoms with Crippen LogP contribution in [0.5, 0.6) is 0 Å². The first-order chi connectivity index (χ1) is 29.7. The first-order valence-corrected chi connectivity index (χ1v) is 20.4. The number of H-pyrrole nitrogens is 2. The normalized spacial score (nSPS) is 19.9. The van der Waals surface area contributed by atoms with Crippen LogP contribution in [0.15, 0.2) is 88.6 Å². The second-order valence-corrected chi connectivity index (χ2v) is 16.6. The minimum atomic E-state index is -1.05. The smallest absolute Gasteiger partial charge is 0.252 e. The lowest BCUT2D eigenvalue weighted by Gasteiger charge is -2.29. The van der Waals surface area contributed by atoms with E-state index in [1.54, 1.807) is 41.1 Å². The summed E-state index contributed by atoms with van der Waals surface area (Å²) in [5, 5.41) is -0.0181. The number of nitrogens with zero attached hydrogens (tertiary/aromatic N) is 3. The van der Waals surface area contributed by atoms with Gasteiger partial charge in [0.1, 0.15) is 5.82 Å². The third-order valence-electron chi connectivity index (χ3n) is 12.8. The molecule has 3 aromatic heterocycles. The highest BCUT2D eigenvalue weighted by Crippen LogP contribution is 2.44. The van der Waals surface area contributed by atoms with Gasteiger partial charge in [0.15, 0.2) is 23.3 Å². The number of aryl methyl sites for hydroxylation is 3. The molecule has 320 valence electrons. The van der Waals surface area contributed by atoms with Gasteiger partial charge in [-0.3, -0.25) is 24.2 Å². The molecule has 9 nitrogen and oxygen atoms in total. The number of pyridine rings is 3. The number of aromatic amines is 2. The summed E-state index contributed by atoms with van der Waals surface area (Å²) in [4.78, 5) is 64.4. The monoisotopic (exact) mass is 849 g/mol. The summed E-state index contributed by atoms with van der Waals surface area (Å²) in [6.07, 6.45) is 7.17. The third kappa shape index (κ3) is 7.00. The Balaban J connectivity index is 0.000000186. The zero-order valence-corrected chi connectivity index (χ0v) is 33.9. The number of nitrogens with one attached hydrogen (secondary N) is 2. The predicted molar refractivity (Wildman–Crippen MR) is 229 cm³/mol. The van der Waals surface area contributed by atoms with Crippen LogP contribution in [0.3, 0.4) is 0 Å². The van der Waals surface area contributed by atoms with Crippen LogP contribution in [-0.4, -0.2) is 61.7 Å². The number of fused-ring (bicyclic) bond motifs is 6. The van der Waals surface area contributed by atoms with Crippen molar-refractivity contribution in [2.24, 2.45) is 11.8 Å². The zero-order valence-electron chi connectivity index (χ0n) is 33.9. The molecule has 4 bridgehead atoms. The number of likely N-dealkylation sites (tertiary alicyclic amines) is 2. The largest absolute Gasteiger partial charge is 0.335 e. The van der Waals surface area contributed by atoms with Crippen LogP contribution in [0.2, 0.25) is 0 Å². The van der Waals surface area contributed by atoms with Gasteiger partial charge in [-0.2, -0.15) is 0 Å². The summed E-state index contributed by atoms with van der Waals surface area (Å²) in [5.74, 6) is -4.48. The number of hydrogen-bond acceptors (Lipinski definition) is 5. The average Bonchev–Trinajstić information content (AvgIpc) is 4.06. The summed E-state index contributed by atoms with van der Waals surface area (Å²) < 4.78 is 70.6. The number of halogens is 5. The van der Waals surface area contributed by atoms with Crippen LogP contribution < -0.4 is 11.1 Å².